The van der Waals surface area contributed by atoms with Gasteiger partial charge in [-0.2, -0.15) is 5.10 Å². The first-order chi connectivity index (χ1) is 15.6. The number of amides is 2. The zero-order valence-electron chi connectivity index (χ0n) is 18.9. The maximum absolute atomic E-state index is 13.5. The number of nitrogens with one attached hydrogen (secondary N) is 2. The molecule has 1 fully saturated rings. The van der Waals surface area contributed by atoms with Crippen LogP contribution < -0.4 is 10.6 Å². The molecule has 0 radical (unpaired) electrons. The summed E-state index contributed by atoms with van der Waals surface area (Å²) in [7, 11) is -0.250. The van der Waals surface area contributed by atoms with Gasteiger partial charge in [-0.3, -0.25) is 14.3 Å². The molecule has 0 unspecified atom stereocenters. The second-order valence-corrected chi connectivity index (χ2v) is 10.8. The van der Waals surface area contributed by atoms with E-state index in [9.17, 15) is 22.4 Å². The molecule has 0 spiro atoms. The van der Waals surface area contributed by atoms with Crippen molar-refractivity contribution >= 4 is 27.3 Å². The van der Waals surface area contributed by atoms with Gasteiger partial charge in [-0.05, 0) is 51.2 Å². The van der Waals surface area contributed by atoms with Gasteiger partial charge in [0, 0.05) is 19.3 Å². The fourth-order valence-electron chi connectivity index (χ4n) is 3.96. The van der Waals surface area contributed by atoms with Gasteiger partial charge in [0.25, 0.3) is 0 Å². The molecule has 1 aromatic heterocycles. The third-order valence-corrected chi connectivity index (χ3v) is 8.31. The Hall–Kier alpha value is -2.79. The number of rotatable bonds is 9. The van der Waals surface area contributed by atoms with Crippen LogP contribution in [0, 0.1) is 5.82 Å². The molecule has 0 bridgehead atoms. The highest BCUT2D eigenvalue weighted by Crippen LogP contribution is 2.40. The number of aromatic nitrogens is 2. The van der Waals surface area contributed by atoms with Crippen LogP contribution in [0.25, 0.3) is 0 Å². The number of hydrogen-bond acceptors (Lipinski definition) is 6. The van der Waals surface area contributed by atoms with E-state index >= 15 is 0 Å². The van der Waals surface area contributed by atoms with E-state index in [4.69, 9.17) is 0 Å². The molecule has 0 atom stereocenters. The van der Waals surface area contributed by atoms with E-state index in [1.165, 1.54) is 29.2 Å². The molecule has 2 N–H and O–H groups in total. The first-order valence-corrected chi connectivity index (χ1v) is 12.4. The van der Waals surface area contributed by atoms with E-state index in [1.54, 1.807) is 0 Å². The van der Waals surface area contributed by atoms with Crippen LogP contribution in [0.1, 0.15) is 32.1 Å². The van der Waals surface area contributed by atoms with Gasteiger partial charge in [-0.25, -0.2) is 12.8 Å². The zero-order valence-corrected chi connectivity index (χ0v) is 19.7. The van der Waals surface area contributed by atoms with E-state index < -0.39 is 26.3 Å². The van der Waals surface area contributed by atoms with E-state index in [2.05, 4.69) is 15.7 Å². The molecular formula is C22H30FN5O4S. The van der Waals surface area contributed by atoms with Gasteiger partial charge in [0.1, 0.15) is 12.4 Å². The van der Waals surface area contributed by atoms with Crippen LogP contribution in [0.3, 0.4) is 0 Å². The van der Waals surface area contributed by atoms with Crippen molar-refractivity contribution in [3.05, 3.63) is 42.5 Å². The van der Waals surface area contributed by atoms with Gasteiger partial charge in [0.15, 0.2) is 14.6 Å². The molecule has 1 aliphatic carbocycles. The number of halogens is 1. The van der Waals surface area contributed by atoms with Crippen LogP contribution in [0.5, 0.6) is 0 Å². The number of benzene rings is 1. The Kier molecular flexibility index (Phi) is 7.85. The summed E-state index contributed by atoms with van der Waals surface area (Å²) in [6.45, 7) is 1.18. The predicted molar refractivity (Wildman–Crippen MR) is 122 cm³/mol. The Labute approximate surface area is 193 Å². The molecule has 2 aromatic rings. The van der Waals surface area contributed by atoms with Crippen molar-refractivity contribution in [2.45, 2.75) is 48.3 Å². The standard InChI is InChI=1S/C22H30FN5O4S/c1-27(2)13-12-24-20(29)16-28-15-18(14-25-28)26-21(30)22(10-4-3-5-11-22)33(31,32)19-8-6-17(23)7-9-19/h6-9,14-15H,3-5,10-13,16H2,1-2H3,(H,24,29)(H,26,30). The Balaban J connectivity index is 1.74. The van der Waals surface area contributed by atoms with Gasteiger partial charge < -0.3 is 15.5 Å². The van der Waals surface area contributed by atoms with Gasteiger partial charge in [0.2, 0.25) is 11.8 Å². The Morgan fingerprint density at radius 3 is 2.45 bits per heavy atom. The first-order valence-electron chi connectivity index (χ1n) is 10.9. The summed E-state index contributed by atoms with van der Waals surface area (Å²) in [5.74, 6) is -1.41. The number of carbonyl (C=O) groups is 2. The van der Waals surface area contributed by atoms with Crippen molar-refractivity contribution in [2.75, 3.05) is 32.5 Å². The predicted octanol–water partition coefficient (Wildman–Crippen LogP) is 1.82. The molecule has 11 heteroatoms. The van der Waals surface area contributed by atoms with Gasteiger partial charge >= 0.3 is 0 Å². The van der Waals surface area contributed by atoms with E-state index in [0.29, 0.717) is 31.6 Å². The lowest BCUT2D eigenvalue weighted by Crippen LogP contribution is -2.51. The molecule has 0 aliphatic heterocycles. The number of hydrogen-bond donors (Lipinski definition) is 2. The maximum Gasteiger partial charge on any atom is 0.246 e. The van der Waals surface area contributed by atoms with Crippen LogP contribution in [0.2, 0.25) is 0 Å². The average Bonchev–Trinajstić information content (AvgIpc) is 3.20. The molecule has 1 saturated carbocycles. The highest BCUT2D eigenvalue weighted by Gasteiger charge is 2.51. The molecule has 9 nitrogen and oxygen atoms in total. The topological polar surface area (TPSA) is 113 Å². The minimum absolute atomic E-state index is 0.0255. The van der Waals surface area contributed by atoms with E-state index in [0.717, 1.165) is 18.6 Å². The van der Waals surface area contributed by atoms with Crippen molar-refractivity contribution in [3.8, 4) is 0 Å². The second-order valence-electron chi connectivity index (χ2n) is 8.55. The molecule has 180 valence electrons. The molecule has 0 saturated heterocycles. The minimum atomic E-state index is -4.06. The molecule has 1 aromatic carbocycles. The van der Waals surface area contributed by atoms with Crippen molar-refractivity contribution in [3.63, 3.8) is 0 Å². The van der Waals surface area contributed by atoms with Crippen LogP contribution >= 0.6 is 0 Å². The number of anilines is 1. The van der Waals surface area contributed by atoms with E-state index in [-0.39, 0.29) is 30.2 Å². The smallest absolute Gasteiger partial charge is 0.246 e. The second kappa shape index (κ2) is 10.4. The SMILES string of the molecule is CN(C)CCNC(=O)Cn1cc(NC(=O)C2(S(=O)(=O)c3ccc(F)cc3)CCCCC2)cn1. The van der Waals surface area contributed by atoms with Crippen LogP contribution in [-0.4, -0.2) is 66.8 Å². The Bertz CT molecular complexity index is 1080. The Morgan fingerprint density at radius 2 is 1.82 bits per heavy atom. The molecule has 1 aliphatic rings. The molecule has 33 heavy (non-hydrogen) atoms. The average molecular weight is 480 g/mol. The minimum Gasteiger partial charge on any atom is -0.353 e. The molecular weight excluding hydrogens is 449 g/mol. The van der Waals surface area contributed by atoms with Crippen LogP contribution in [0.4, 0.5) is 10.1 Å². The fourth-order valence-corrected chi connectivity index (χ4v) is 6.03. The fraction of sp³-hybridized carbons (Fsp3) is 0.500. The number of sulfone groups is 1. The van der Waals surface area contributed by atoms with Crippen molar-refractivity contribution < 1.29 is 22.4 Å². The summed E-state index contributed by atoms with van der Waals surface area (Å²) in [4.78, 5) is 27.2. The lowest BCUT2D eigenvalue weighted by atomic mass is 9.87. The van der Waals surface area contributed by atoms with Crippen molar-refractivity contribution in [1.29, 1.82) is 0 Å². The molecule has 1 heterocycles. The van der Waals surface area contributed by atoms with E-state index in [1.807, 2.05) is 19.0 Å². The summed E-state index contributed by atoms with van der Waals surface area (Å²) in [5, 5.41) is 9.54. The molecule has 3 rings (SSSR count). The first kappa shape index (κ1) is 24.8. The van der Waals surface area contributed by atoms with Crippen LogP contribution in [-0.2, 0) is 26.0 Å². The number of nitrogens with zero attached hydrogens (tertiary/aromatic N) is 3. The molecule has 2 amide bonds. The summed E-state index contributed by atoms with van der Waals surface area (Å²) in [5.41, 5.74) is 0.306. The third-order valence-electron chi connectivity index (χ3n) is 5.79. The monoisotopic (exact) mass is 479 g/mol. The highest BCUT2D eigenvalue weighted by atomic mass is 32.2. The largest absolute Gasteiger partial charge is 0.353 e. The Morgan fingerprint density at radius 1 is 1.15 bits per heavy atom. The number of carbonyl (C=O) groups excluding carboxylic acids is 2. The zero-order chi connectivity index (χ0) is 24.1. The highest BCUT2D eigenvalue weighted by molar-refractivity contribution is 7.93. The summed E-state index contributed by atoms with van der Waals surface area (Å²) in [6, 6.07) is 4.55. The summed E-state index contributed by atoms with van der Waals surface area (Å²) in [6.07, 6.45) is 5.27. The summed E-state index contributed by atoms with van der Waals surface area (Å²) >= 11 is 0. The van der Waals surface area contributed by atoms with Gasteiger partial charge in [-0.15, -0.1) is 0 Å². The lowest BCUT2D eigenvalue weighted by molar-refractivity contribution is -0.122. The normalized spacial score (nSPS) is 15.9. The van der Waals surface area contributed by atoms with Crippen molar-refractivity contribution in [2.24, 2.45) is 0 Å². The van der Waals surface area contributed by atoms with Gasteiger partial charge in [0.05, 0.1) is 16.8 Å². The van der Waals surface area contributed by atoms with Crippen molar-refractivity contribution in [1.82, 2.24) is 20.0 Å². The van der Waals surface area contributed by atoms with Crippen LogP contribution in [0.15, 0.2) is 41.6 Å². The summed E-state index contributed by atoms with van der Waals surface area (Å²) < 4.78 is 40.1. The quantitative estimate of drug-likeness (QED) is 0.531. The lowest BCUT2D eigenvalue weighted by Gasteiger charge is -2.35. The maximum atomic E-state index is 13.5. The van der Waals surface area contributed by atoms with Gasteiger partial charge in [-0.1, -0.05) is 19.3 Å². The third kappa shape index (κ3) is 5.77. The number of likely N-dealkylation sites (N-methyl/N-ethyl adjacent to an activating group) is 1.